The van der Waals surface area contributed by atoms with Gasteiger partial charge in [0.2, 0.25) is 5.91 Å². The minimum atomic E-state index is -0.391. The van der Waals surface area contributed by atoms with Crippen molar-refractivity contribution < 1.29 is 4.79 Å². The second-order valence-electron chi connectivity index (χ2n) is 6.47. The average molecular weight is 392 g/mol. The minimum Gasteiger partial charge on any atom is -0.325 e. The standard InChI is InChI=1S/C21H20N4O2S/c1-14-17(15(2)23-20(27)18(14)12-22)8-9-19(26)24-21-25(10-11-28-21)13-16-6-4-3-5-7-16/h3-7,10-11H,8-9,13H2,1-2H3,(H,23,27). The fraction of sp³-hybridized carbons (Fsp3) is 0.238. The quantitative estimate of drug-likeness (QED) is 0.724. The maximum absolute atomic E-state index is 12.4. The van der Waals surface area contributed by atoms with Gasteiger partial charge in [0.25, 0.3) is 5.56 Å². The van der Waals surface area contributed by atoms with Gasteiger partial charge in [-0.1, -0.05) is 30.3 Å². The third-order valence-electron chi connectivity index (χ3n) is 4.59. The lowest BCUT2D eigenvalue weighted by atomic mass is 9.99. The predicted molar refractivity (Wildman–Crippen MR) is 108 cm³/mol. The van der Waals surface area contributed by atoms with Crippen molar-refractivity contribution in [2.24, 2.45) is 4.99 Å². The van der Waals surface area contributed by atoms with Crippen LogP contribution in [0.3, 0.4) is 0 Å². The van der Waals surface area contributed by atoms with E-state index < -0.39 is 5.56 Å². The van der Waals surface area contributed by atoms with E-state index in [2.05, 4.69) is 9.98 Å². The summed E-state index contributed by atoms with van der Waals surface area (Å²) in [6.07, 6.45) is 2.55. The zero-order chi connectivity index (χ0) is 20.1. The third-order valence-corrected chi connectivity index (χ3v) is 5.38. The van der Waals surface area contributed by atoms with E-state index in [1.54, 1.807) is 13.8 Å². The molecule has 0 spiro atoms. The number of aromatic amines is 1. The maximum atomic E-state index is 12.4. The van der Waals surface area contributed by atoms with Crippen LogP contribution in [0.25, 0.3) is 0 Å². The molecule has 142 valence electrons. The van der Waals surface area contributed by atoms with Gasteiger partial charge in [0, 0.05) is 30.2 Å². The molecular weight excluding hydrogens is 372 g/mol. The van der Waals surface area contributed by atoms with E-state index in [-0.39, 0.29) is 17.9 Å². The topological polar surface area (TPSA) is 91.0 Å². The van der Waals surface area contributed by atoms with Crippen LogP contribution in [0, 0.1) is 25.2 Å². The Bertz CT molecular complexity index is 1160. The lowest BCUT2D eigenvalue weighted by molar-refractivity contribution is -0.118. The number of aromatic nitrogens is 2. The minimum absolute atomic E-state index is 0.101. The molecule has 1 aromatic carbocycles. The van der Waals surface area contributed by atoms with E-state index in [4.69, 9.17) is 5.26 Å². The highest BCUT2D eigenvalue weighted by molar-refractivity contribution is 7.07. The number of thiazole rings is 1. The van der Waals surface area contributed by atoms with E-state index in [1.807, 2.05) is 52.5 Å². The van der Waals surface area contributed by atoms with Crippen molar-refractivity contribution in [1.82, 2.24) is 9.55 Å². The van der Waals surface area contributed by atoms with Gasteiger partial charge in [-0.25, -0.2) is 0 Å². The van der Waals surface area contributed by atoms with E-state index in [9.17, 15) is 9.59 Å². The van der Waals surface area contributed by atoms with Crippen LogP contribution in [-0.4, -0.2) is 15.5 Å². The number of nitrogens with one attached hydrogen (secondary N) is 1. The molecule has 0 saturated carbocycles. The molecule has 1 amide bonds. The van der Waals surface area contributed by atoms with Gasteiger partial charge in [-0.05, 0) is 37.0 Å². The van der Waals surface area contributed by atoms with Crippen molar-refractivity contribution in [2.45, 2.75) is 33.2 Å². The highest BCUT2D eigenvalue weighted by Gasteiger charge is 2.13. The number of nitrogens with zero attached hydrogens (tertiary/aromatic N) is 3. The smallest absolute Gasteiger partial charge is 0.266 e. The second kappa shape index (κ2) is 8.63. The molecule has 7 heteroatoms. The van der Waals surface area contributed by atoms with Gasteiger partial charge >= 0.3 is 0 Å². The number of hydrogen-bond acceptors (Lipinski definition) is 4. The van der Waals surface area contributed by atoms with Gasteiger partial charge in [-0.2, -0.15) is 10.3 Å². The van der Waals surface area contributed by atoms with Gasteiger partial charge in [0.1, 0.15) is 11.6 Å². The first-order chi connectivity index (χ1) is 13.5. The van der Waals surface area contributed by atoms with Gasteiger partial charge in [-0.3, -0.25) is 9.59 Å². The lowest BCUT2D eigenvalue weighted by Crippen LogP contribution is -2.18. The summed E-state index contributed by atoms with van der Waals surface area (Å²) in [6.45, 7) is 4.17. The van der Waals surface area contributed by atoms with E-state index in [0.29, 0.717) is 29.0 Å². The van der Waals surface area contributed by atoms with Gasteiger partial charge in [0.15, 0.2) is 4.80 Å². The van der Waals surface area contributed by atoms with E-state index >= 15 is 0 Å². The molecule has 3 rings (SSSR count). The fourth-order valence-electron chi connectivity index (χ4n) is 3.10. The summed E-state index contributed by atoms with van der Waals surface area (Å²) < 4.78 is 1.95. The molecule has 1 N–H and O–H groups in total. The number of rotatable bonds is 5. The fourth-order valence-corrected chi connectivity index (χ4v) is 3.85. The average Bonchev–Trinajstić information content (AvgIpc) is 3.09. The number of nitriles is 1. The highest BCUT2D eigenvalue weighted by Crippen LogP contribution is 2.15. The van der Waals surface area contributed by atoms with Crippen LogP contribution in [-0.2, 0) is 17.8 Å². The summed E-state index contributed by atoms with van der Waals surface area (Å²) in [4.78, 5) is 31.8. The highest BCUT2D eigenvalue weighted by atomic mass is 32.1. The van der Waals surface area contributed by atoms with Crippen molar-refractivity contribution in [1.29, 1.82) is 5.26 Å². The predicted octanol–water partition coefficient (Wildman–Crippen LogP) is 2.83. The summed E-state index contributed by atoms with van der Waals surface area (Å²) in [5.41, 5.74) is 2.99. The molecule has 2 heterocycles. The van der Waals surface area contributed by atoms with Crippen LogP contribution < -0.4 is 10.4 Å². The molecular formula is C21H20N4O2S. The van der Waals surface area contributed by atoms with Crippen molar-refractivity contribution in [2.75, 3.05) is 0 Å². The molecule has 3 aromatic rings. The first-order valence-electron chi connectivity index (χ1n) is 8.87. The number of H-pyrrole nitrogens is 1. The monoisotopic (exact) mass is 392 g/mol. The normalized spacial score (nSPS) is 11.4. The Morgan fingerprint density at radius 1 is 1.29 bits per heavy atom. The Hall–Kier alpha value is -3.24. The summed E-state index contributed by atoms with van der Waals surface area (Å²) in [5.74, 6) is -0.229. The Morgan fingerprint density at radius 3 is 2.75 bits per heavy atom. The number of amides is 1. The molecule has 28 heavy (non-hydrogen) atoms. The third kappa shape index (κ3) is 4.35. The lowest BCUT2D eigenvalue weighted by Gasteiger charge is -2.09. The van der Waals surface area contributed by atoms with E-state index in [1.165, 1.54) is 11.3 Å². The Labute approximate surface area is 166 Å². The van der Waals surface area contributed by atoms with Gasteiger partial charge < -0.3 is 9.55 Å². The maximum Gasteiger partial charge on any atom is 0.266 e. The van der Waals surface area contributed by atoms with Crippen LogP contribution in [0.1, 0.15) is 34.4 Å². The van der Waals surface area contributed by atoms with Crippen molar-refractivity contribution >= 4 is 17.2 Å². The zero-order valence-corrected chi connectivity index (χ0v) is 16.5. The first-order valence-corrected chi connectivity index (χ1v) is 9.75. The molecule has 0 aliphatic heterocycles. The molecule has 0 saturated heterocycles. The van der Waals surface area contributed by atoms with Crippen molar-refractivity contribution in [3.63, 3.8) is 0 Å². The molecule has 0 aliphatic rings. The molecule has 0 bridgehead atoms. The summed E-state index contributed by atoms with van der Waals surface area (Å²) in [6, 6.07) is 11.9. The summed E-state index contributed by atoms with van der Waals surface area (Å²) in [5, 5.41) is 11.1. The van der Waals surface area contributed by atoms with Crippen LogP contribution in [0.2, 0.25) is 0 Å². The first kappa shape index (κ1) is 19.5. The number of pyridine rings is 1. The molecule has 6 nitrogen and oxygen atoms in total. The van der Waals surface area contributed by atoms with Crippen molar-refractivity contribution in [3.8, 4) is 6.07 Å². The molecule has 0 aliphatic carbocycles. The summed E-state index contributed by atoms with van der Waals surface area (Å²) in [7, 11) is 0. The number of carbonyl (C=O) groups is 1. The molecule has 0 radical (unpaired) electrons. The number of aryl methyl sites for hydroxylation is 1. The number of hydrogen-bond donors (Lipinski definition) is 1. The molecule has 0 unspecified atom stereocenters. The number of benzene rings is 1. The van der Waals surface area contributed by atoms with Crippen LogP contribution >= 0.6 is 11.3 Å². The molecule has 0 atom stereocenters. The largest absolute Gasteiger partial charge is 0.325 e. The van der Waals surface area contributed by atoms with Gasteiger partial charge in [0.05, 0.1) is 0 Å². The molecule has 0 fully saturated rings. The SMILES string of the molecule is Cc1[nH]c(=O)c(C#N)c(C)c1CCC(=O)N=c1sccn1Cc1ccccc1. The zero-order valence-electron chi connectivity index (χ0n) is 15.7. The van der Waals surface area contributed by atoms with Crippen LogP contribution in [0.4, 0.5) is 0 Å². The Kier molecular flexibility index (Phi) is 6.02. The summed E-state index contributed by atoms with van der Waals surface area (Å²) >= 11 is 1.42. The Balaban J connectivity index is 1.77. The van der Waals surface area contributed by atoms with Crippen molar-refractivity contribution in [3.05, 3.63) is 85.0 Å². The van der Waals surface area contributed by atoms with Crippen LogP contribution in [0.15, 0.2) is 51.7 Å². The number of carbonyl (C=O) groups excluding carboxylic acids is 1. The van der Waals surface area contributed by atoms with Gasteiger partial charge in [-0.15, -0.1) is 11.3 Å². The second-order valence-corrected chi connectivity index (χ2v) is 7.35. The van der Waals surface area contributed by atoms with E-state index in [0.717, 1.165) is 11.1 Å². The Morgan fingerprint density at radius 2 is 2.04 bits per heavy atom. The van der Waals surface area contributed by atoms with Crippen LogP contribution in [0.5, 0.6) is 0 Å². The molecule has 2 aromatic heterocycles.